The van der Waals surface area contributed by atoms with Gasteiger partial charge in [-0.3, -0.25) is 4.79 Å². The van der Waals surface area contributed by atoms with Gasteiger partial charge < -0.3 is 10.1 Å². The number of benzene rings is 3. The molecule has 0 fully saturated rings. The fraction of sp³-hybridized carbons (Fsp3) is 0.154. The first-order chi connectivity index (χ1) is 15.2. The van der Waals surface area contributed by atoms with E-state index < -0.39 is 11.9 Å². The fourth-order valence-electron chi connectivity index (χ4n) is 3.88. The molecule has 5 heteroatoms. The summed E-state index contributed by atoms with van der Waals surface area (Å²) in [5.41, 5.74) is 5.45. The van der Waals surface area contributed by atoms with E-state index in [1.807, 2.05) is 24.3 Å². The van der Waals surface area contributed by atoms with Crippen molar-refractivity contribution < 1.29 is 18.7 Å². The van der Waals surface area contributed by atoms with Crippen LogP contribution in [-0.2, 0) is 4.74 Å². The van der Waals surface area contributed by atoms with Crippen molar-refractivity contribution in [3.05, 3.63) is 101 Å². The summed E-state index contributed by atoms with van der Waals surface area (Å²) >= 11 is 0. The van der Waals surface area contributed by atoms with E-state index in [1.54, 1.807) is 12.2 Å². The van der Waals surface area contributed by atoms with Crippen molar-refractivity contribution in [2.45, 2.75) is 12.3 Å². The lowest BCUT2D eigenvalue weighted by Crippen LogP contribution is -2.26. The van der Waals surface area contributed by atoms with Crippen LogP contribution in [0.3, 0.4) is 0 Å². The smallest absolute Gasteiger partial charge is 0.407 e. The third-order valence-corrected chi connectivity index (χ3v) is 5.38. The van der Waals surface area contributed by atoms with Crippen LogP contribution in [0.15, 0.2) is 72.8 Å². The number of halogens is 1. The Bertz CT molecular complexity index is 1090. The number of rotatable bonds is 7. The van der Waals surface area contributed by atoms with Gasteiger partial charge in [-0.05, 0) is 46.9 Å². The summed E-state index contributed by atoms with van der Waals surface area (Å²) in [6, 6.07) is 20.5. The maximum absolute atomic E-state index is 13.7. The molecule has 3 aromatic rings. The summed E-state index contributed by atoms with van der Waals surface area (Å²) in [7, 11) is 0. The van der Waals surface area contributed by atoms with E-state index in [0.717, 1.165) is 0 Å². The van der Waals surface area contributed by atoms with Crippen molar-refractivity contribution in [2.24, 2.45) is 0 Å². The lowest BCUT2D eigenvalue weighted by Gasteiger charge is -2.14. The summed E-state index contributed by atoms with van der Waals surface area (Å²) in [5.74, 6) is -0.377. The van der Waals surface area contributed by atoms with Crippen LogP contribution in [0.1, 0.15) is 39.4 Å². The third-order valence-electron chi connectivity index (χ3n) is 5.38. The maximum Gasteiger partial charge on any atom is 0.407 e. The van der Waals surface area contributed by atoms with E-state index in [2.05, 4.69) is 29.6 Å². The topological polar surface area (TPSA) is 55.4 Å². The van der Waals surface area contributed by atoms with Gasteiger partial charge in [0.05, 0.1) is 0 Å². The minimum absolute atomic E-state index is 0.0196. The first kappa shape index (κ1) is 20.5. The van der Waals surface area contributed by atoms with Crippen LogP contribution < -0.4 is 5.32 Å². The minimum Gasteiger partial charge on any atom is -0.449 e. The first-order valence-corrected chi connectivity index (χ1v) is 10.2. The summed E-state index contributed by atoms with van der Waals surface area (Å²) in [6.45, 7) is 0.627. The van der Waals surface area contributed by atoms with Crippen molar-refractivity contribution in [2.75, 3.05) is 13.2 Å². The normalized spacial score (nSPS) is 12.4. The summed E-state index contributed by atoms with van der Waals surface area (Å²) in [4.78, 5) is 22.9. The predicted octanol–water partition coefficient (Wildman–Crippen LogP) is 5.58. The van der Waals surface area contributed by atoms with Gasteiger partial charge in [0.25, 0.3) is 0 Å². The van der Waals surface area contributed by atoms with E-state index in [-0.39, 0.29) is 12.5 Å². The molecule has 1 amide bonds. The first-order valence-electron chi connectivity index (χ1n) is 10.2. The highest BCUT2D eigenvalue weighted by Gasteiger charge is 2.28. The quantitative estimate of drug-likeness (QED) is 0.405. The van der Waals surface area contributed by atoms with Crippen molar-refractivity contribution in [1.82, 2.24) is 5.32 Å². The molecule has 0 aromatic heterocycles. The van der Waals surface area contributed by atoms with Gasteiger partial charge in [0, 0.05) is 23.6 Å². The molecule has 0 unspecified atom stereocenters. The standard InChI is InChI=1S/C26H22FNO3/c27-25-13-12-18(16-29)15-19(25)7-5-6-14-28-26(30)31-17-24-22-10-3-1-8-20(22)21-9-2-4-11-23(21)24/h1-5,7-13,15-16,24H,6,14,17H2,(H,28,30). The summed E-state index contributed by atoms with van der Waals surface area (Å²) in [5, 5.41) is 2.72. The van der Waals surface area contributed by atoms with Gasteiger partial charge in [-0.2, -0.15) is 0 Å². The van der Waals surface area contributed by atoms with Crippen LogP contribution in [0.4, 0.5) is 9.18 Å². The largest absolute Gasteiger partial charge is 0.449 e. The second-order valence-corrected chi connectivity index (χ2v) is 7.34. The van der Waals surface area contributed by atoms with Crippen LogP contribution in [0.25, 0.3) is 17.2 Å². The van der Waals surface area contributed by atoms with E-state index in [0.29, 0.717) is 30.4 Å². The molecule has 4 rings (SSSR count). The van der Waals surface area contributed by atoms with Gasteiger partial charge in [0.2, 0.25) is 0 Å². The van der Waals surface area contributed by atoms with E-state index in [9.17, 15) is 14.0 Å². The molecule has 0 bridgehead atoms. The monoisotopic (exact) mass is 415 g/mol. The molecule has 4 nitrogen and oxygen atoms in total. The van der Waals surface area contributed by atoms with Crippen molar-refractivity contribution in [3.63, 3.8) is 0 Å². The molecule has 0 atom stereocenters. The highest BCUT2D eigenvalue weighted by molar-refractivity contribution is 5.79. The number of aldehydes is 1. The molecule has 0 aliphatic heterocycles. The predicted molar refractivity (Wildman–Crippen MR) is 119 cm³/mol. The molecule has 0 saturated heterocycles. The number of alkyl carbamates (subject to hydrolysis) is 1. The molecular weight excluding hydrogens is 393 g/mol. The zero-order valence-electron chi connectivity index (χ0n) is 16.9. The Hall–Kier alpha value is -3.73. The Morgan fingerprint density at radius 2 is 1.68 bits per heavy atom. The average molecular weight is 415 g/mol. The number of hydrogen-bond acceptors (Lipinski definition) is 3. The van der Waals surface area contributed by atoms with Gasteiger partial charge in [-0.1, -0.05) is 60.7 Å². The fourth-order valence-corrected chi connectivity index (χ4v) is 3.88. The molecule has 1 N–H and O–H groups in total. The number of carbonyl (C=O) groups excluding carboxylic acids is 2. The van der Waals surface area contributed by atoms with Gasteiger partial charge in [-0.25, -0.2) is 9.18 Å². The molecule has 1 aliphatic carbocycles. The molecule has 156 valence electrons. The lowest BCUT2D eigenvalue weighted by atomic mass is 9.98. The number of ether oxygens (including phenoxy) is 1. The van der Waals surface area contributed by atoms with Gasteiger partial charge in [-0.15, -0.1) is 0 Å². The zero-order valence-corrected chi connectivity index (χ0v) is 16.9. The van der Waals surface area contributed by atoms with E-state index in [1.165, 1.54) is 40.5 Å². The minimum atomic E-state index is -0.482. The molecule has 31 heavy (non-hydrogen) atoms. The van der Waals surface area contributed by atoms with Crippen LogP contribution in [0, 0.1) is 5.82 Å². The Morgan fingerprint density at radius 3 is 2.35 bits per heavy atom. The Morgan fingerprint density at radius 1 is 1.00 bits per heavy atom. The number of fused-ring (bicyclic) bond motifs is 3. The number of amides is 1. The molecule has 0 heterocycles. The van der Waals surface area contributed by atoms with E-state index in [4.69, 9.17) is 4.74 Å². The van der Waals surface area contributed by atoms with Crippen LogP contribution in [0.5, 0.6) is 0 Å². The second-order valence-electron chi connectivity index (χ2n) is 7.34. The van der Waals surface area contributed by atoms with Crippen LogP contribution >= 0.6 is 0 Å². The molecule has 3 aromatic carbocycles. The number of hydrogen-bond donors (Lipinski definition) is 1. The molecule has 1 aliphatic rings. The van der Waals surface area contributed by atoms with E-state index >= 15 is 0 Å². The van der Waals surface area contributed by atoms with Crippen LogP contribution in [-0.4, -0.2) is 25.5 Å². The average Bonchev–Trinajstić information content (AvgIpc) is 3.12. The summed E-state index contributed by atoms with van der Waals surface area (Å²) in [6.07, 6.45) is 4.05. The van der Waals surface area contributed by atoms with Gasteiger partial charge in [0.1, 0.15) is 18.7 Å². The Kier molecular flexibility index (Phi) is 6.22. The maximum atomic E-state index is 13.7. The molecular formula is C26H22FNO3. The van der Waals surface area contributed by atoms with Gasteiger partial charge >= 0.3 is 6.09 Å². The number of carbonyl (C=O) groups is 2. The van der Waals surface area contributed by atoms with Gasteiger partial charge in [0.15, 0.2) is 0 Å². The number of nitrogens with one attached hydrogen (secondary N) is 1. The van der Waals surface area contributed by atoms with Crippen molar-refractivity contribution in [3.8, 4) is 11.1 Å². The Balaban J connectivity index is 1.28. The summed E-state index contributed by atoms with van der Waals surface area (Å²) < 4.78 is 19.2. The van der Waals surface area contributed by atoms with Crippen LogP contribution in [0.2, 0.25) is 0 Å². The molecule has 0 radical (unpaired) electrons. The highest BCUT2D eigenvalue weighted by atomic mass is 19.1. The zero-order chi connectivity index (χ0) is 21.6. The SMILES string of the molecule is O=Cc1ccc(F)c(C=CCCNC(=O)OCC2c3ccccc3-c3ccccc32)c1. The second kappa shape index (κ2) is 9.39. The molecule has 0 spiro atoms. The van der Waals surface area contributed by atoms with Crippen molar-refractivity contribution >= 4 is 18.5 Å². The molecule has 0 saturated carbocycles. The Labute approximate surface area is 180 Å². The third kappa shape index (κ3) is 4.56. The lowest BCUT2D eigenvalue weighted by molar-refractivity contribution is 0.112. The van der Waals surface area contributed by atoms with Crippen molar-refractivity contribution in [1.29, 1.82) is 0 Å². The highest BCUT2D eigenvalue weighted by Crippen LogP contribution is 2.44.